The van der Waals surface area contributed by atoms with Gasteiger partial charge in [0.25, 0.3) is 0 Å². The number of carbonyl (C=O) groups excluding carboxylic acids is 1. The maximum Gasteiger partial charge on any atom is 0.376 e. The molecule has 0 saturated carbocycles. The molecular weight excluding hydrogens is 299 g/mol. The van der Waals surface area contributed by atoms with Crippen LogP contribution in [0.4, 0.5) is 0 Å². The molecule has 0 fully saturated rings. The van der Waals surface area contributed by atoms with Gasteiger partial charge < -0.3 is 13.8 Å². The Kier molecular flexibility index (Phi) is 6.40. The molecule has 114 valence electrons. The SMILES string of the molecule is CC(=O)OC(c1cccs1)P(=O)(OC(C)C)OC(C)C. The summed E-state index contributed by atoms with van der Waals surface area (Å²) in [6.07, 6.45) is -0.616. The Bertz CT molecular complexity index is 455. The summed E-state index contributed by atoms with van der Waals surface area (Å²) in [6, 6.07) is 3.55. The Balaban J connectivity index is 3.15. The zero-order chi connectivity index (χ0) is 15.3. The highest BCUT2D eigenvalue weighted by Crippen LogP contribution is 2.63. The zero-order valence-corrected chi connectivity index (χ0v) is 14.1. The molecule has 0 saturated heterocycles. The Morgan fingerprint density at radius 1 is 1.20 bits per heavy atom. The summed E-state index contributed by atoms with van der Waals surface area (Å²) in [7, 11) is -3.62. The van der Waals surface area contributed by atoms with E-state index in [0.29, 0.717) is 4.88 Å². The van der Waals surface area contributed by atoms with Crippen molar-refractivity contribution < 1.29 is 23.1 Å². The van der Waals surface area contributed by atoms with Crippen molar-refractivity contribution in [3.63, 3.8) is 0 Å². The van der Waals surface area contributed by atoms with Crippen LogP contribution in [0.1, 0.15) is 45.3 Å². The van der Waals surface area contributed by atoms with Crippen molar-refractivity contribution in [1.29, 1.82) is 0 Å². The molecule has 0 bridgehead atoms. The smallest absolute Gasteiger partial charge is 0.376 e. The lowest BCUT2D eigenvalue weighted by atomic mass is 10.5. The lowest BCUT2D eigenvalue weighted by molar-refractivity contribution is -0.144. The van der Waals surface area contributed by atoms with Crippen LogP contribution in [0.15, 0.2) is 17.5 Å². The molecule has 0 radical (unpaired) electrons. The number of rotatable bonds is 7. The number of carbonyl (C=O) groups is 1. The van der Waals surface area contributed by atoms with Crippen molar-refractivity contribution in [2.45, 2.75) is 52.7 Å². The largest absolute Gasteiger partial charge is 0.444 e. The van der Waals surface area contributed by atoms with E-state index in [9.17, 15) is 9.36 Å². The minimum absolute atomic E-state index is 0.308. The second kappa shape index (κ2) is 7.36. The fourth-order valence-electron chi connectivity index (χ4n) is 1.59. The lowest BCUT2D eigenvalue weighted by Crippen LogP contribution is -2.16. The molecule has 0 amide bonds. The first-order chi connectivity index (χ1) is 9.24. The topological polar surface area (TPSA) is 61.8 Å². The van der Waals surface area contributed by atoms with Gasteiger partial charge in [-0.15, -0.1) is 11.3 Å². The van der Waals surface area contributed by atoms with Gasteiger partial charge in [-0.2, -0.15) is 0 Å². The van der Waals surface area contributed by atoms with Gasteiger partial charge in [0.1, 0.15) is 0 Å². The van der Waals surface area contributed by atoms with E-state index in [2.05, 4.69) is 0 Å². The number of thiophene rings is 1. The Labute approximate surface area is 123 Å². The normalized spacial score (nSPS) is 13.8. The Hall–Kier alpha value is -0.680. The summed E-state index contributed by atoms with van der Waals surface area (Å²) in [5, 5.41) is 1.82. The molecule has 1 aromatic rings. The summed E-state index contributed by atoms with van der Waals surface area (Å²) >= 11 is 1.34. The molecular formula is C13H21O5PS. The third kappa shape index (κ3) is 5.02. The van der Waals surface area contributed by atoms with Crippen molar-refractivity contribution in [2.24, 2.45) is 0 Å². The van der Waals surface area contributed by atoms with Crippen molar-refractivity contribution in [2.75, 3.05) is 0 Å². The summed E-state index contributed by atoms with van der Waals surface area (Å²) in [5.74, 6) is -1.55. The molecule has 0 aliphatic carbocycles. The first-order valence-electron chi connectivity index (χ1n) is 6.41. The van der Waals surface area contributed by atoms with Gasteiger partial charge >= 0.3 is 13.6 Å². The van der Waals surface area contributed by atoms with E-state index in [1.807, 2.05) is 5.38 Å². The first-order valence-corrected chi connectivity index (χ1v) is 8.91. The van der Waals surface area contributed by atoms with Crippen LogP contribution in [0.25, 0.3) is 0 Å². The fourth-order valence-corrected chi connectivity index (χ4v) is 4.92. The molecule has 0 N–H and O–H groups in total. The molecule has 0 spiro atoms. The summed E-state index contributed by atoms with van der Waals surface area (Å²) in [5.41, 5.74) is 0. The summed E-state index contributed by atoms with van der Waals surface area (Å²) in [6.45, 7) is 8.31. The average Bonchev–Trinajstić information content (AvgIpc) is 2.75. The van der Waals surface area contributed by atoms with Crippen molar-refractivity contribution in [3.05, 3.63) is 22.4 Å². The summed E-state index contributed by atoms with van der Waals surface area (Å²) < 4.78 is 29.3. The fraction of sp³-hybridized carbons (Fsp3) is 0.615. The van der Waals surface area contributed by atoms with E-state index in [1.54, 1.807) is 39.8 Å². The van der Waals surface area contributed by atoms with E-state index in [0.717, 1.165) is 0 Å². The van der Waals surface area contributed by atoms with Gasteiger partial charge in [-0.05, 0) is 39.1 Å². The van der Waals surface area contributed by atoms with Crippen molar-refractivity contribution >= 4 is 24.9 Å². The molecule has 1 heterocycles. The highest BCUT2D eigenvalue weighted by atomic mass is 32.1. The predicted molar refractivity (Wildman–Crippen MR) is 78.9 cm³/mol. The van der Waals surface area contributed by atoms with Crippen LogP contribution in [-0.2, 0) is 23.1 Å². The first kappa shape index (κ1) is 17.4. The minimum atomic E-state index is -3.62. The number of esters is 1. The quantitative estimate of drug-likeness (QED) is 0.552. The molecule has 0 aliphatic rings. The van der Waals surface area contributed by atoms with Crippen LogP contribution in [0.2, 0.25) is 0 Å². The number of hydrogen-bond acceptors (Lipinski definition) is 6. The van der Waals surface area contributed by atoms with Crippen LogP contribution in [-0.4, -0.2) is 18.2 Å². The third-order valence-electron chi connectivity index (χ3n) is 2.07. The van der Waals surface area contributed by atoms with Crippen LogP contribution < -0.4 is 0 Å². The van der Waals surface area contributed by atoms with E-state index in [4.69, 9.17) is 13.8 Å². The number of hydrogen-bond donors (Lipinski definition) is 0. The van der Waals surface area contributed by atoms with Gasteiger partial charge in [0.2, 0.25) is 5.85 Å². The molecule has 0 aliphatic heterocycles. The molecule has 0 aromatic carbocycles. The van der Waals surface area contributed by atoms with Gasteiger partial charge in [0.05, 0.1) is 17.1 Å². The highest BCUT2D eigenvalue weighted by molar-refractivity contribution is 7.54. The lowest BCUT2D eigenvalue weighted by Gasteiger charge is -2.28. The van der Waals surface area contributed by atoms with Gasteiger partial charge in [0.15, 0.2) is 0 Å². The molecule has 20 heavy (non-hydrogen) atoms. The zero-order valence-electron chi connectivity index (χ0n) is 12.4. The average molecular weight is 320 g/mol. The van der Waals surface area contributed by atoms with E-state index in [1.165, 1.54) is 18.3 Å². The van der Waals surface area contributed by atoms with Gasteiger partial charge in [-0.25, -0.2) is 0 Å². The van der Waals surface area contributed by atoms with E-state index in [-0.39, 0.29) is 12.2 Å². The van der Waals surface area contributed by atoms with Crippen molar-refractivity contribution in [1.82, 2.24) is 0 Å². The van der Waals surface area contributed by atoms with Crippen molar-refractivity contribution in [3.8, 4) is 0 Å². The van der Waals surface area contributed by atoms with E-state index < -0.39 is 19.4 Å². The molecule has 1 unspecified atom stereocenters. The third-order valence-corrected chi connectivity index (χ3v) is 5.55. The molecule has 1 atom stereocenters. The van der Waals surface area contributed by atoms with Crippen LogP contribution in [0.5, 0.6) is 0 Å². The van der Waals surface area contributed by atoms with Crippen LogP contribution in [0, 0.1) is 0 Å². The Morgan fingerprint density at radius 3 is 2.10 bits per heavy atom. The van der Waals surface area contributed by atoms with Gasteiger partial charge in [-0.3, -0.25) is 9.36 Å². The van der Waals surface area contributed by atoms with Crippen LogP contribution >= 0.6 is 18.9 Å². The summed E-state index contributed by atoms with van der Waals surface area (Å²) in [4.78, 5) is 12.0. The molecule has 7 heteroatoms. The minimum Gasteiger partial charge on any atom is -0.444 e. The molecule has 1 aromatic heterocycles. The maximum absolute atomic E-state index is 13.1. The van der Waals surface area contributed by atoms with Crippen LogP contribution in [0.3, 0.4) is 0 Å². The number of ether oxygens (including phenoxy) is 1. The predicted octanol–water partition coefficient (Wildman–Crippen LogP) is 4.35. The van der Waals surface area contributed by atoms with Gasteiger partial charge in [0, 0.05) is 6.92 Å². The second-order valence-electron chi connectivity index (χ2n) is 4.83. The second-order valence-corrected chi connectivity index (χ2v) is 7.77. The maximum atomic E-state index is 13.1. The highest BCUT2D eigenvalue weighted by Gasteiger charge is 2.42. The molecule has 1 rings (SSSR count). The molecule has 5 nitrogen and oxygen atoms in total. The monoisotopic (exact) mass is 320 g/mol. The van der Waals surface area contributed by atoms with E-state index >= 15 is 0 Å². The standard InChI is InChI=1S/C13H21O5PS/c1-9(2)17-19(15,18-10(3)4)13(16-11(5)14)12-7-6-8-20-12/h6-10,13H,1-5H3. The Morgan fingerprint density at radius 2 is 1.75 bits per heavy atom. The van der Waals surface area contributed by atoms with Gasteiger partial charge in [-0.1, -0.05) is 6.07 Å².